The summed E-state index contributed by atoms with van der Waals surface area (Å²) in [6, 6.07) is 5.18. The van der Waals surface area contributed by atoms with Crippen molar-refractivity contribution in [3.63, 3.8) is 0 Å². The van der Waals surface area contributed by atoms with Crippen molar-refractivity contribution in [1.29, 1.82) is 0 Å². The molecule has 0 saturated heterocycles. The van der Waals surface area contributed by atoms with Crippen LogP contribution in [-0.4, -0.2) is 19.1 Å². The summed E-state index contributed by atoms with van der Waals surface area (Å²) in [5, 5.41) is 3.84. The predicted molar refractivity (Wildman–Crippen MR) is 82.7 cm³/mol. The lowest BCUT2D eigenvalue weighted by Crippen LogP contribution is -2.30. The SMILES string of the molecule is CCCCCC(Nc1ccc(Cl)c(Br)c1)C(=O)OC. The molecule has 1 unspecified atom stereocenters. The third-order valence-electron chi connectivity index (χ3n) is 2.84. The number of nitrogens with one attached hydrogen (secondary N) is 1. The number of carbonyl (C=O) groups excluding carboxylic acids is 1. The number of benzene rings is 1. The number of ether oxygens (including phenoxy) is 1. The van der Waals surface area contributed by atoms with Crippen molar-refractivity contribution >= 4 is 39.2 Å². The van der Waals surface area contributed by atoms with Crippen LogP contribution in [0, 0.1) is 0 Å². The molecule has 19 heavy (non-hydrogen) atoms. The van der Waals surface area contributed by atoms with Crippen LogP contribution >= 0.6 is 27.5 Å². The van der Waals surface area contributed by atoms with Crippen molar-refractivity contribution in [2.45, 2.75) is 38.6 Å². The first-order valence-corrected chi connectivity index (χ1v) is 7.55. The van der Waals surface area contributed by atoms with E-state index in [9.17, 15) is 4.79 Å². The molecule has 1 aromatic carbocycles. The largest absolute Gasteiger partial charge is 0.467 e. The summed E-state index contributed by atoms with van der Waals surface area (Å²) in [4.78, 5) is 11.7. The molecule has 3 nitrogen and oxygen atoms in total. The standard InChI is InChI=1S/C14H19BrClNO2/c1-3-4-5-6-13(14(18)19-2)17-10-7-8-12(16)11(15)9-10/h7-9,13,17H,3-6H2,1-2H3. The van der Waals surface area contributed by atoms with Gasteiger partial charge in [0.1, 0.15) is 6.04 Å². The Morgan fingerprint density at radius 1 is 1.47 bits per heavy atom. The van der Waals surface area contributed by atoms with E-state index in [1.807, 2.05) is 12.1 Å². The van der Waals surface area contributed by atoms with Gasteiger partial charge in [0.2, 0.25) is 0 Å². The zero-order chi connectivity index (χ0) is 14.3. The number of esters is 1. The van der Waals surface area contributed by atoms with E-state index in [0.29, 0.717) is 5.02 Å². The van der Waals surface area contributed by atoms with Crippen LogP contribution in [0.5, 0.6) is 0 Å². The van der Waals surface area contributed by atoms with E-state index in [2.05, 4.69) is 28.2 Å². The molecule has 0 aliphatic heterocycles. The Morgan fingerprint density at radius 3 is 2.79 bits per heavy atom. The van der Waals surface area contributed by atoms with Gasteiger partial charge in [-0.25, -0.2) is 4.79 Å². The molecule has 0 bridgehead atoms. The van der Waals surface area contributed by atoms with Crippen molar-refractivity contribution in [1.82, 2.24) is 0 Å². The average molecular weight is 349 g/mol. The molecule has 1 aromatic rings. The van der Waals surface area contributed by atoms with Crippen molar-refractivity contribution in [2.24, 2.45) is 0 Å². The van der Waals surface area contributed by atoms with Crippen LogP contribution in [0.2, 0.25) is 5.02 Å². The van der Waals surface area contributed by atoms with E-state index in [-0.39, 0.29) is 12.0 Å². The fourth-order valence-electron chi connectivity index (χ4n) is 1.78. The van der Waals surface area contributed by atoms with E-state index in [4.69, 9.17) is 16.3 Å². The molecule has 106 valence electrons. The minimum atomic E-state index is -0.315. The number of anilines is 1. The third kappa shape index (κ3) is 5.41. The molecule has 0 heterocycles. The molecule has 0 aliphatic rings. The number of rotatable bonds is 7. The molecular weight excluding hydrogens is 330 g/mol. The van der Waals surface area contributed by atoms with Gasteiger partial charge in [-0.1, -0.05) is 37.8 Å². The maximum atomic E-state index is 11.7. The third-order valence-corrected chi connectivity index (χ3v) is 4.06. The molecular formula is C14H19BrClNO2. The number of halogens is 2. The van der Waals surface area contributed by atoms with Gasteiger partial charge in [0, 0.05) is 10.2 Å². The topological polar surface area (TPSA) is 38.3 Å². The molecule has 0 radical (unpaired) electrons. The predicted octanol–water partition coefficient (Wildman–Crippen LogP) is 4.64. The Kier molecular flexibility index (Phi) is 7.24. The van der Waals surface area contributed by atoms with Gasteiger partial charge >= 0.3 is 5.97 Å². The summed E-state index contributed by atoms with van der Waals surface area (Å²) in [7, 11) is 1.41. The van der Waals surface area contributed by atoms with Crippen molar-refractivity contribution in [3.05, 3.63) is 27.7 Å². The van der Waals surface area contributed by atoms with Crippen molar-refractivity contribution < 1.29 is 9.53 Å². The molecule has 0 saturated carbocycles. The molecule has 0 spiro atoms. The highest BCUT2D eigenvalue weighted by Gasteiger charge is 2.18. The van der Waals surface area contributed by atoms with Crippen LogP contribution < -0.4 is 5.32 Å². The first-order valence-electron chi connectivity index (χ1n) is 6.38. The van der Waals surface area contributed by atoms with Crippen LogP contribution in [0.15, 0.2) is 22.7 Å². The highest BCUT2D eigenvalue weighted by molar-refractivity contribution is 9.10. The quantitative estimate of drug-likeness (QED) is 0.576. The first-order chi connectivity index (χ1) is 9.08. The van der Waals surface area contributed by atoms with E-state index < -0.39 is 0 Å². The second kappa shape index (κ2) is 8.43. The molecule has 1 atom stereocenters. The van der Waals surface area contributed by atoms with E-state index >= 15 is 0 Å². The van der Waals surface area contributed by atoms with Crippen LogP contribution in [0.1, 0.15) is 32.6 Å². The molecule has 0 aliphatic carbocycles. The van der Waals surface area contributed by atoms with Gasteiger partial charge in [0.15, 0.2) is 0 Å². The summed E-state index contributed by atoms with van der Waals surface area (Å²) in [5.74, 6) is -0.234. The normalized spacial score (nSPS) is 12.0. The summed E-state index contributed by atoms with van der Waals surface area (Å²) in [5.41, 5.74) is 0.850. The van der Waals surface area contributed by atoms with Crippen molar-refractivity contribution in [3.8, 4) is 0 Å². The molecule has 0 amide bonds. The Morgan fingerprint density at radius 2 is 2.21 bits per heavy atom. The maximum absolute atomic E-state index is 11.7. The fraction of sp³-hybridized carbons (Fsp3) is 0.500. The summed E-state index contributed by atoms with van der Waals surface area (Å²) >= 11 is 9.31. The summed E-state index contributed by atoms with van der Waals surface area (Å²) in [6.45, 7) is 2.14. The highest BCUT2D eigenvalue weighted by atomic mass is 79.9. The van der Waals surface area contributed by atoms with Crippen molar-refractivity contribution in [2.75, 3.05) is 12.4 Å². The van der Waals surface area contributed by atoms with Gasteiger partial charge in [-0.2, -0.15) is 0 Å². The minimum absolute atomic E-state index is 0.234. The lowest BCUT2D eigenvalue weighted by molar-refractivity contribution is -0.141. The second-order valence-electron chi connectivity index (χ2n) is 4.34. The van der Waals surface area contributed by atoms with E-state index in [1.54, 1.807) is 6.07 Å². The highest BCUT2D eigenvalue weighted by Crippen LogP contribution is 2.26. The lowest BCUT2D eigenvalue weighted by Gasteiger charge is -2.18. The maximum Gasteiger partial charge on any atom is 0.328 e. The van der Waals surface area contributed by atoms with E-state index in [0.717, 1.165) is 35.8 Å². The minimum Gasteiger partial charge on any atom is -0.467 e. The van der Waals surface area contributed by atoms with Gasteiger partial charge in [-0.3, -0.25) is 0 Å². The fourth-order valence-corrected chi connectivity index (χ4v) is 2.27. The smallest absolute Gasteiger partial charge is 0.328 e. The summed E-state index contributed by atoms with van der Waals surface area (Å²) in [6.07, 6.45) is 4.00. The number of carbonyl (C=O) groups is 1. The average Bonchev–Trinajstić information content (AvgIpc) is 2.41. The Labute approximate surface area is 127 Å². The molecule has 0 aromatic heterocycles. The van der Waals surface area contributed by atoms with Gasteiger partial charge < -0.3 is 10.1 Å². The van der Waals surface area contributed by atoms with Gasteiger partial charge in [0.25, 0.3) is 0 Å². The van der Waals surface area contributed by atoms with E-state index in [1.165, 1.54) is 7.11 Å². The van der Waals surface area contributed by atoms with Crippen LogP contribution in [0.4, 0.5) is 5.69 Å². The van der Waals surface area contributed by atoms with Gasteiger partial charge in [-0.15, -0.1) is 0 Å². The Balaban J connectivity index is 2.69. The summed E-state index contributed by atoms with van der Waals surface area (Å²) < 4.78 is 5.63. The van der Waals surface area contributed by atoms with Gasteiger partial charge in [-0.05, 0) is 40.5 Å². The zero-order valence-electron chi connectivity index (χ0n) is 11.2. The molecule has 0 fully saturated rings. The lowest BCUT2D eigenvalue weighted by atomic mass is 10.1. The first kappa shape index (κ1) is 16.3. The second-order valence-corrected chi connectivity index (χ2v) is 5.61. The van der Waals surface area contributed by atoms with Gasteiger partial charge in [0.05, 0.1) is 12.1 Å². The monoisotopic (exact) mass is 347 g/mol. The number of unbranched alkanes of at least 4 members (excludes halogenated alkanes) is 2. The number of hydrogen-bond acceptors (Lipinski definition) is 3. The number of hydrogen-bond donors (Lipinski definition) is 1. The molecule has 1 N–H and O–H groups in total. The van der Waals surface area contributed by atoms with Crippen LogP contribution in [-0.2, 0) is 9.53 Å². The molecule has 1 rings (SSSR count). The number of methoxy groups -OCH3 is 1. The molecule has 5 heteroatoms. The Bertz CT molecular complexity index is 426. The van der Waals surface area contributed by atoms with Crippen LogP contribution in [0.25, 0.3) is 0 Å². The Hall–Kier alpha value is -0.740. The van der Waals surface area contributed by atoms with Crippen LogP contribution in [0.3, 0.4) is 0 Å². The zero-order valence-corrected chi connectivity index (χ0v) is 13.6.